The average Bonchev–Trinajstić information content (AvgIpc) is 2.80. The molecule has 0 spiro atoms. The molecule has 176 valence electrons. The van der Waals surface area contributed by atoms with Crippen molar-refractivity contribution in [3.8, 4) is 5.75 Å². The fraction of sp³-hybridized carbons (Fsp3) is 0.304. The number of aromatic nitrogens is 1. The van der Waals surface area contributed by atoms with Gasteiger partial charge in [-0.05, 0) is 61.9 Å². The van der Waals surface area contributed by atoms with E-state index in [9.17, 15) is 13.2 Å². The molecule has 0 radical (unpaired) electrons. The van der Waals surface area contributed by atoms with Crippen LogP contribution in [0, 0.1) is 0 Å². The number of halogens is 1. The first kappa shape index (κ1) is 24.8. The van der Waals surface area contributed by atoms with Crippen LogP contribution >= 0.6 is 11.6 Å². The third-order valence-corrected chi connectivity index (χ3v) is 6.78. The normalized spacial score (nSPS) is 12.3. The Morgan fingerprint density at radius 3 is 2.61 bits per heavy atom. The maximum atomic E-state index is 12.3. The number of anilines is 1. The van der Waals surface area contributed by atoms with E-state index in [4.69, 9.17) is 16.3 Å². The number of amides is 1. The summed E-state index contributed by atoms with van der Waals surface area (Å²) in [6.45, 7) is 4.45. The van der Waals surface area contributed by atoms with Gasteiger partial charge in [-0.15, -0.1) is 0 Å². The van der Waals surface area contributed by atoms with E-state index < -0.39 is 10.0 Å². The van der Waals surface area contributed by atoms with Gasteiger partial charge in [-0.2, -0.15) is 0 Å². The molecule has 10 heteroatoms. The van der Waals surface area contributed by atoms with Crippen LogP contribution in [0.15, 0.2) is 59.6 Å². The van der Waals surface area contributed by atoms with E-state index >= 15 is 0 Å². The van der Waals surface area contributed by atoms with Crippen LogP contribution in [0.2, 0.25) is 5.02 Å². The number of hydrogen-bond acceptors (Lipinski definition) is 6. The molecule has 33 heavy (non-hydrogen) atoms. The van der Waals surface area contributed by atoms with Crippen LogP contribution in [0.4, 0.5) is 5.69 Å². The quantitative estimate of drug-likeness (QED) is 0.354. The summed E-state index contributed by atoms with van der Waals surface area (Å²) in [5, 5.41) is 7.62. The lowest BCUT2D eigenvalue weighted by Gasteiger charge is -2.13. The van der Waals surface area contributed by atoms with Crippen molar-refractivity contribution in [2.45, 2.75) is 31.2 Å². The topological polar surface area (TPSA) is 109 Å². The van der Waals surface area contributed by atoms with Gasteiger partial charge in [0.2, 0.25) is 10.0 Å². The zero-order chi connectivity index (χ0) is 23.8. The van der Waals surface area contributed by atoms with Gasteiger partial charge in [-0.25, -0.2) is 13.1 Å². The maximum absolute atomic E-state index is 12.3. The first-order chi connectivity index (χ1) is 15.8. The molecule has 0 aliphatic rings. The minimum atomic E-state index is -3.58. The predicted octanol–water partition coefficient (Wildman–Crippen LogP) is 3.57. The van der Waals surface area contributed by atoms with Crippen molar-refractivity contribution >= 4 is 44.1 Å². The molecule has 0 saturated heterocycles. The fourth-order valence-corrected chi connectivity index (χ4v) is 4.50. The van der Waals surface area contributed by atoms with Crippen molar-refractivity contribution in [2.24, 2.45) is 0 Å². The molecule has 0 bridgehead atoms. The van der Waals surface area contributed by atoms with Gasteiger partial charge in [-0.3, -0.25) is 9.78 Å². The first-order valence-electron chi connectivity index (χ1n) is 10.6. The van der Waals surface area contributed by atoms with Crippen molar-refractivity contribution in [3.05, 3.63) is 59.8 Å². The summed E-state index contributed by atoms with van der Waals surface area (Å²) in [7, 11) is -3.58. The molecule has 8 nitrogen and oxygen atoms in total. The Bertz CT molecular complexity index is 1200. The van der Waals surface area contributed by atoms with E-state index in [1.165, 1.54) is 24.3 Å². The number of pyridine rings is 1. The number of carbonyl (C=O) groups excluding carboxylic acids is 1. The number of fused-ring (bicyclic) bond motifs is 1. The fourth-order valence-electron chi connectivity index (χ4n) is 3.01. The molecule has 3 aromatic rings. The number of carbonyl (C=O) groups is 1. The molecule has 0 aliphatic heterocycles. The van der Waals surface area contributed by atoms with E-state index in [1.807, 2.05) is 19.1 Å². The van der Waals surface area contributed by atoms with Crippen LogP contribution in [0.3, 0.4) is 0 Å². The Balaban J connectivity index is 1.43. The summed E-state index contributed by atoms with van der Waals surface area (Å²) in [6.07, 6.45) is 2.39. The second-order valence-electron chi connectivity index (χ2n) is 7.49. The molecule has 0 aliphatic carbocycles. The van der Waals surface area contributed by atoms with Gasteiger partial charge in [0.1, 0.15) is 5.75 Å². The second kappa shape index (κ2) is 11.3. The van der Waals surface area contributed by atoms with E-state index in [0.717, 1.165) is 16.6 Å². The average molecular weight is 491 g/mol. The van der Waals surface area contributed by atoms with Crippen LogP contribution in [0.1, 0.15) is 20.3 Å². The van der Waals surface area contributed by atoms with Crippen molar-refractivity contribution in [1.29, 1.82) is 0 Å². The summed E-state index contributed by atoms with van der Waals surface area (Å²) in [5.74, 6) is 0.131. The van der Waals surface area contributed by atoms with E-state index in [-0.39, 0.29) is 23.5 Å². The van der Waals surface area contributed by atoms with Gasteiger partial charge < -0.3 is 15.4 Å². The molecule has 1 heterocycles. The molecule has 1 amide bonds. The third kappa shape index (κ3) is 7.05. The lowest BCUT2D eigenvalue weighted by molar-refractivity contribution is -0.123. The highest BCUT2D eigenvalue weighted by molar-refractivity contribution is 7.89. The smallest absolute Gasteiger partial charge is 0.258 e. The molecule has 3 rings (SSSR count). The summed E-state index contributed by atoms with van der Waals surface area (Å²) < 4.78 is 32.6. The number of sulfonamides is 1. The molecule has 2 aromatic carbocycles. The van der Waals surface area contributed by atoms with Crippen LogP contribution in [-0.4, -0.2) is 45.0 Å². The summed E-state index contributed by atoms with van der Waals surface area (Å²) in [6, 6.07) is 13.2. The number of nitrogens with one attached hydrogen (secondary N) is 3. The molecule has 0 fully saturated rings. The van der Waals surface area contributed by atoms with Crippen LogP contribution in [-0.2, 0) is 14.8 Å². The molecule has 0 unspecified atom stereocenters. The van der Waals surface area contributed by atoms with Crippen LogP contribution < -0.4 is 20.1 Å². The highest BCUT2D eigenvalue weighted by Gasteiger charge is 2.16. The minimum absolute atomic E-state index is 0.150. The number of nitrogens with zero attached hydrogens (tertiary/aromatic N) is 1. The van der Waals surface area contributed by atoms with E-state index in [1.54, 1.807) is 25.3 Å². The van der Waals surface area contributed by atoms with Gasteiger partial charge >= 0.3 is 0 Å². The second-order valence-corrected chi connectivity index (χ2v) is 9.64. The molecule has 1 aromatic heterocycles. The Hall–Kier alpha value is -2.88. The zero-order valence-electron chi connectivity index (χ0n) is 18.5. The van der Waals surface area contributed by atoms with Gasteiger partial charge in [0.05, 0.1) is 10.4 Å². The van der Waals surface area contributed by atoms with Gasteiger partial charge in [-0.1, -0.05) is 18.5 Å². The standard InChI is InChI=1S/C23H27ClN4O4S/c1-3-16(2)28-33(30,31)19-7-5-18(6-8-19)32-15-23(29)27-13-12-26-21-10-11-25-22-14-17(24)4-9-20(21)22/h4-11,14,16,28H,3,12-13,15H2,1-2H3,(H,25,26)(H,27,29)/t16-/m0/s1. The Morgan fingerprint density at radius 1 is 1.12 bits per heavy atom. The minimum Gasteiger partial charge on any atom is -0.484 e. The van der Waals surface area contributed by atoms with E-state index in [0.29, 0.717) is 30.3 Å². The first-order valence-corrected chi connectivity index (χ1v) is 12.4. The predicted molar refractivity (Wildman–Crippen MR) is 130 cm³/mol. The number of benzene rings is 2. The lowest BCUT2D eigenvalue weighted by Crippen LogP contribution is -2.32. The Morgan fingerprint density at radius 2 is 1.88 bits per heavy atom. The monoisotopic (exact) mass is 490 g/mol. The largest absolute Gasteiger partial charge is 0.484 e. The lowest BCUT2D eigenvalue weighted by atomic mass is 10.2. The van der Waals surface area contributed by atoms with E-state index in [2.05, 4.69) is 20.3 Å². The van der Waals surface area contributed by atoms with Gasteiger partial charge in [0.15, 0.2) is 6.61 Å². The van der Waals surface area contributed by atoms with Crippen LogP contribution in [0.5, 0.6) is 5.75 Å². The SMILES string of the molecule is CC[C@H](C)NS(=O)(=O)c1ccc(OCC(=O)NCCNc2ccnc3cc(Cl)ccc23)cc1. The highest BCUT2D eigenvalue weighted by atomic mass is 35.5. The Kier molecular flexibility index (Phi) is 8.49. The third-order valence-electron chi connectivity index (χ3n) is 4.94. The van der Waals surface area contributed by atoms with Crippen molar-refractivity contribution < 1.29 is 17.9 Å². The highest BCUT2D eigenvalue weighted by Crippen LogP contribution is 2.24. The molecule has 0 saturated carbocycles. The number of hydrogen-bond donors (Lipinski definition) is 3. The van der Waals surface area contributed by atoms with Crippen LogP contribution in [0.25, 0.3) is 10.9 Å². The zero-order valence-corrected chi connectivity index (χ0v) is 20.0. The maximum Gasteiger partial charge on any atom is 0.258 e. The Labute approximate surface area is 198 Å². The molecular formula is C23H27ClN4O4S. The summed E-state index contributed by atoms with van der Waals surface area (Å²) >= 11 is 6.01. The summed E-state index contributed by atoms with van der Waals surface area (Å²) in [5.41, 5.74) is 1.69. The van der Waals surface area contributed by atoms with Gasteiger partial charge in [0, 0.05) is 41.4 Å². The number of ether oxygens (including phenoxy) is 1. The molecule has 3 N–H and O–H groups in total. The van der Waals surface area contributed by atoms with Crippen molar-refractivity contribution in [1.82, 2.24) is 15.0 Å². The van der Waals surface area contributed by atoms with Crippen molar-refractivity contribution in [3.63, 3.8) is 0 Å². The molecular weight excluding hydrogens is 464 g/mol. The van der Waals surface area contributed by atoms with Crippen molar-refractivity contribution in [2.75, 3.05) is 25.0 Å². The van der Waals surface area contributed by atoms with Gasteiger partial charge in [0.25, 0.3) is 5.91 Å². The number of rotatable bonds is 11. The molecule has 1 atom stereocenters. The summed E-state index contributed by atoms with van der Waals surface area (Å²) in [4.78, 5) is 16.5.